The molecule has 0 saturated heterocycles. The van der Waals surface area contributed by atoms with Gasteiger partial charge >= 0.3 is 0 Å². The molecule has 0 aromatic rings. The van der Waals surface area contributed by atoms with Gasteiger partial charge in [-0.15, -0.1) is 19.7 Å². The highest BCUT2D eigenvalue weighted by Crippen LogP contribution is 1.46. The highest BCUT2D eigenvalue weighted by molar-refractivity contribution is 4.60. The van der Waals surface area contributed by atoms with Crippen LogP contribution in [0.3, 0.4) is 0 Å². The fourth-order valence-electron chi connectivity index (χ4n) is 0. The highest BCUT2D eigenvalue weighted by Gasteiger charge is 1.45. The second-order valence-corrected chi connectivity index (χ2v) is 0.471. The van der Waals surface area contributed by atoms with Crippen LogP contribution in [0, 0.1) is 0 Å². The van der Waals surface area contributed by atoms with Crippen LogP contribution in [0.5, 0.6) is 0 Å². The monoisotopic (exact) mass is 117 g/mol. The van der Waals surface area contributed by atoms with E-state index in [1.165, 1.54) is 13.1 Å². The van der Waals surface area contributed by atoms with Crippen molar-refractivity contribution in [1.82, 2.24) is 0 Å². The highest BCUT2D eigenvalue weighted by atomic mass is 16.2. The number of nitrogens with two attached hydrogens (primary N) is 1. The Balaban J connectivity index is -0.0000000542. The molecule has 0 heterocycles. The summed E-state index contributed by atoms with van der Waals surface area (Å²) in [6, 6.07) is 0. The van der Waals surface area contributed by atoms with Crippen molar-refractivity contribution >= 4 is 0 Å². The van der Waals surface area contributed by atoms with Gasteiger partial charge in [0.15, 0.2) is 0 Å². The molecule has 0 saturated carbocycles. The molecule has 50 valence electrons. The van der Waals surface area contributed by atoms with Gasteiger partial charge in [-0.05, 0) is 7.05 Å². The Labute approximate surface area is 51.3 Å². The first-order valence-corrected chi connectivity index (χ1v) is 2.21. The summed E-state index contributed by atoms with van der Waals surface area (Å²) in [5.41, 5.74) is 4.50. The van der Waals surface area contributed by atoms with Crippen LogP contribution in [-0.2, 0) is 0 Å². The molecule has 0 amide bonds. The van der Waals surface area contributed by atoms with Crippen molar-refractivity contribution < 1.29 is 5.11 Å². The molecule has 0 aromatic carbocycles. The normalized spacial score (nSPS) is 4.38. The first-order chi connectivity index (χ1) is 3.91. The Morgan fingerprint density at radius 3 is 1.62 bits per heavy atom. The summed E-state index contributed by atoms with van der Waals surface area (Å²) in [5.74, 6) is 0. The van der Waals surface area contributed by atoms with E-state index in [1.807, 2.05) is 0 Å². The maximum atomic E-state index is 7.76. The molecule has 0 bridgehead atoms. The summed E-state index contributed by atoms with van der Waals surface area (Å²) in [5, 5.41) is 7.76. The van der Waals surface area contributed by atoms with Crippen molar-refractivity contribution in [1.29, 1.82) is 0 Å². The molecule has 2 heteroatoms. The number of aliphatic hydroxyl groups excluding tert-OH is 1. The Kier molecular flexibility index (Phi) is 186. The molecule has 8 heavy (non-hydrogen) atoms. The van der Waals surface area contributed by atoms with Gasteiger partial charge in [-0.25, -0.2) is 0 Å². The third-order valence-electron chi connectivity index (χ3n) is 0.129. The van der Waals surface area contributed by atoms with Gasteiger partial charge < -0.3 is 10.8 Å². The van der Waals surface area contributed by atoms with Gasteiger partial charge in [0.2, 0.25) is 0 Å². The lowest BCUT2D eigenvalue weighted by Crippen LogP contribution is -1.69. The third kappa shape index (κ3) is 653. The molecule has 0 rings (SSSR count). The zero-order valence-corrected chi connectivity index (χ0v) is 5.43. The molecule has 0 fully saturated rings. The van der Waals surface area contributed by atoms with E-state index in [4.69, 9.17) is 5.11 Å². The van der Waals surface area contributed by atoms with Crippen LogP contribution in [0.4, 0.5) is 0 Å². The second kappa shape index (κ2) is 95.2. The van der Waals surface area contributed by atoms with Crippen molar-refractivity contribution in [3.63, 3.8) is 0 Å². The van der Waals surface area contributed by atoms with E-state index in [0.717, 1.165) is 0 Å². The van der Waals surface area contributed by atoms with Crippen molar-refractivity contribution in [2.75, 3.05) is 13.7 Å². The molecule has 0 unspecified atom stereocenters. The van der Waals surface area contributed by atoms with E-state index >= 15 is 0 Å². The van der Waals surface area contributed by atoms with Crippen molar-refractivity contribution in [2.24, 2.45) is 5.73 Å². The fraction of sp³-hybridized carbons (Fsp3) is 0.333. The van der Waals surface area contributed by atoms with Gasteiger partial charge in [0.1, 0.15) is 0 Å². The predicted octanol–water partition coefficient (Wildman–Crippen LogP) is 0.542. The molecule has 0 atom stereocenters. The molecule has 3 N–H and O–H groups in total. The van der Waals surface area contributed by atoms with Crippen LogP contribution in [0.1, 0.15) is 0 Å². The molecule has 0 aliphatic heterocycles. The lowest BCUT2D eigenvalue weighted by atomic mass is 10.7. The van der Waals surface area contributed by atoms with Crippen LogP contribution in [-0.4, -0.2) is 18.8 Å². The average Bonchev–Trinajstić information content (AvgIpc) is 1.96. The van der Waals surface area contributed by atoms with Gasteiger partial charge in [0.05, 0.1) is 6.61 Å². The standard InChI is InChI=1S/C3H6O.C2H4.CH5N/c1-2-3-4;2*1-2/h2,4H,1,3H2;1-2H2;2H2,1H3. The van der Waals surface area contributed by atoms with Crippen LogP contribution in [0.15, 0.2) is 25.8 Å². The molecule has 0 radical (unpaired) electrons. The quantitative estimate of drug-likeness (QED) is 0.492. The van der Waals surface area contributed by atoms with E-state index in [1.54, 1.807) is 0 Å². The van der Waals surface area contributed by atoms with Gasteiger partial charge in [0, 0.05) is 0 Å². The number of hydrogen-bond acceptors (Lipinski definition) is 2. The van der Waals surface area contributed by atoms with Gasteiger partial charge in [-0.2, -0.15) is 0 Å². The van der Waals surface area contributed by atoms with Gasteiger partial charge in [-0.1, -0.05) is 6.08 Å². The Hall–Kier alpha value is -0.600. The molecule has 0 aliphatic carbocycles. The summed E-state index contributed by atoms with van der Waals surface area (Å²) in [7, 11) is 1.50. The molecule has 2 nitrogen and oxygen atoms in total. The average molecular weight is 117 g/mol. The minimum absolute atomic E-state index is 0.0833. The maximum absolute atomic E-state index is 7.76. The molecule has 0 aromatic heterocycles. The van der Waals surface area contributed by atoms with Crippen LogP contribution in [0.25, 0.3) is 0 Å². The van der Waals surface area contributed by atoms with E-state index in [-0.39, 0.29) is 6.61 Å². The lowest BCUT2D eigenvalue weighted by Gasteiger charge is -1.60. The summed E-state index contributed by atoms with van der Waals surface area (Å²) in [4.78, 5) is 0. The largest absolute Gasteiger partial charge is 0.392 e. The number of hydrogen-bond donors (Lipinski definition) is 2. The van der Waals surface area contributed by atoms with Gasteiger partial charge in [-0.3, -0.25) is 0 Å². The van der Waals surface area contributed by atoms with Crippen molar-refractivity contribution in [2.45, 2.75) is 0 Å². The van der Waals surface area contributed by atoms with Crippen molar-refractivity contribution in [3.8, 4) is 0 Å². The Bertz CT molecular complexity index is 29.7. The molecular formula is C6H15NO. The zero-order chi connectivity index (χ0) is 7.41. The maximum Gasteiger partial charge on any atom is 0.0609 e. The summed E-state index contributed by atoms with van der Waals surface area (Å²) >= 11 is 0. The topological polar surface area (TPSA) is 46.2 Å². The lowest BCUT2D eigenvalue weighted by molar-refractivity contribution is 0.343. The number of aliphatic hydroxyl groups is 1. The minimum Gasteiger partial charge on any atom is -0.392 e. The molecule has 0 aliphatic rings. The van der Waals surface area contributed by atoms with E-state index in [2.05, 4.69) is 25.5 Å². The molecule has 0 spiro atoms. The fourth-order valence-corrected chi connectivity index (χ4v) is 0. The van der Waals surface area contributed by atoms with Crippen LogP contribution >= 0.6 is 0 Å². The van der Waals surface area contributed by atoms with Crippen LogP contribution < -0.4 is 5.73 Å². The zero-order valence-electron chi connectivity index (χ0n) is 5.43. The summed E-state index contributed by atoms with van der Waals surface area (Å²) in [6.07, 6.45) is 1.43. The first-order valence-electron chi connectivity index (χ1n) is 2.21. The first kappa shape index (κ1) is 15.7. The smallest absolute Gasteiger partial charge is 0.0609 e. The third-order valence-corrected chi connectivity index (χ3v) is 0.129. The van der Waals surface area contributed by atoms with E-state index in [9.17, 15) is 0 Å². The summed E-state index contributed by atoms with van der Waals surface area (Å²) < 4.78 is 0. The van der Waals surface area contributed by atoms with E-state index < -0.39 is 0 Å². The predicted molar refractivity (Wildman–Crippen MR) is 38.6 cm³/mol. The van der Waals surface area contributed by atoms with Crippen LogP contribution in [0.2, 0.25) is 0 Å². The van der Waals surface area contributed by atoms with E-state index in [0.29, 0.717) is 0 Å². The SMILES string of the molecule is C=C.C=CCO.CN. The number of rotatable bonds is 1. The van der Waals surface area contributed by atoms with Gasteiger partial charge in [0.25, 0.3) is 0 Å². The summed E-state index contributed by atoms with van der Waals surface area (Å²) in [6.45, 7) is 9.31. The minimum atomic E-state index is 0.0833. The molecular weight excluding hydrogens is 102 g/mol. The van der Waals surface area contributed by atoms with Crippen molar-refractivity contribution in [3.05, 3.63) is 25.8 Å². The Morgan fingerprint density at radius 1 is 1.50 bits per heavy atom. The second-order valence-electron chi connectivity index (χ2n) is 0.471. The Morgan fingerprint density at radius 2 is 1.62 bits per heavy atom.